The third-order valence-electron chi connectivity index (χ3n) is 2.42. The van der Waals surface area contributed by atoms with Gasteiger partial charge in [0.2, 0.25) is 6.41 Å². The van der Waals surface area contributed by atoms with Crippen LogP contribution in [0.3, 0.4) is 0 Å². The molecule has 0 aromatic carbocycles. The van der Waals surface area contributed by atoms with Crippen LogP contribution in [0.15, 0.2) is 12.7 Å². The predicted octanol–water partition coefficient (Wildman–Crippen LogP) is 1.93. The zero-order valence-corrected chi connectivity index (χ0v) is 9.66. The molecule has 1 saturated carbocycles. The van der Waals surface area contributed by atoms with Crippen molar-refractivity contribution in [2.75, 3.05) is 6.54 Å². The summed E-state index contributed by atoms with van der Waals surface area (Å²) in [6, 6.07) is 0. The van der Waals surface area contributed by atoms with Gasteiger partial charge in [-0.25, -0.2) is 0 Å². The van der Waals surface area contributed by atoms with Crippen LogP contribution in [0.25, 0.3) is 0 Å². The third kappa shape index (κ3) is 9.19. The Bertz CT molecular complexity index is 202. The Morgan fingerprint density at radius 2 is 2.20 bits per heavy atom. The molecule has 3 heteroatoms. The first-order chi connectivity index (χ1) is 7.11. The molecule has 0 bridgehead atoms. The van der Waals surface area contributed by atoms with Crippen molar-refractivity contribution in [3.05, 3.63) is 12.7 Å². The Kier molecular flexibility index (Phi) is 7.60. The Labute approximate surface area is 91.9 Å². The molecule has 1 amide bonds. The largest absolute Gasteiger partial charge is 0.355 e. The van der Waals surface area contributed by atoms with Crippen LogP contribution >= 0.6 is 0 Å². The second-order valence-corrected chi connectivity index (χ2v) is 4.01. The summed E-state index contributed by atoms with van der Waals surface area (Å²) in [6.07, 6.45) is 6.11. The van der Waals surface area contributed by atoms with Crippen LogP contribution in [-0.2, 0) is 9.59 Å². The molecular formula is C12H21NO2. The first-order valence-electron chi connectivity index (χ1n) is 5.40. The van der Waals surface area contributed by atoms with Crippen LogP contribution < -0.4 is 5.32 Å². The van der Waals surface area contributed by atoms with Crippen molar-refractivity contribution in [3.63, 3.8) is 0 Å². The zero-order valence-electron chi connectivity index (χ0n) is 9.66. The van der Waals surface area contributed by atoms with Crippen molar-refractivity contribution < 1.29 is 9.59 Å². The normalized spacial score (nSPS) is 15.6. The van der Waals surface area contributed by atoms with Gasteiger partial charge in [-0.1, -0.05) is 25.8 Å². The second-order valence-electron chi connectivity index (χ2n) is 4.01. The van der Waals surface area contributed by atoms with E-state index < -0.39 is 0 Å². The van der Waals surface area contributed by atoms with Gasteiger partial charge in [0, 0.05) is 12.5 Å². The van der Waals surface area contributed by atoms with Crippen molar-refractivity contribution >= 4 is 12.2 Å². The van der Waals surface area contributed by atoms with E-state index in [0.29, 0.717) is 24.7 Å². The van der Waals surface area contributed by atoms with E-state index in [9.17, 15) is 9.59 Å². The van der Waals surface area contributed by atoms with Gasteiger partial charge in [-0.05, 0) is 19.3 Å². The number of carbonyl (C=O) groups excluding carboxylic acids is 2. The summed E-state index contributed by atoms with van der Waals surface area (Å²) in [5.74, 6) is 1.56. The monoisotopic (exact) mass is 211 g/mol. The Balaban J connectivity index is 0.000000288. The van der Waals surface area contributed by atoms with Crippen molar-refractivity contribution in [3.8, 4) is 0 Å². The molecule has 1 unspecified atom stereocenters. The van der Waals surface area contributed by atoms with Gasteiger partial charge in [0.15, 0.2) is 0 Å². The lowest BCUT2D eigenvalue weighted by Gasteiger charge is -2.03. The van der Waals surface area contributed by atoms with E-state index in [-0.39, 0.29) is 0 Å². The van der Waals surface area contributed by atoms with Crippen molar-refractivity contribution in [2.45, 2.75) is 33.1 Å². The van der Waals surface area contributed by atoms with Gasteiger partial charge in [0.1, 0.15) is 5.78 Å². The highest BCUT2D eigenvalue weighted by atomic mass is 16.1. The van der Waals surface area contributed by atoms with E-state index in [1.807, 2.05) is 6.92 Å². The number of amides is 1. The van der Waals surface area contributed by atoms with Crippen LogP contribution in [0.5, 0.6) is 0 Å². The SMILES string of the molecule is C=CCNC=O.CC(=O)C(C)CC1CC1. The van der Waals surface area contributed by atoms with Gasteiger partial charge in [0.05, 0.1) is 0 Å². The maximum Gasteiger partial charge on any atom is 0.207 e. The van der Waals surface area contributed by atoms with Gasteiger partial charge in [-0.3, -0.25) is 9.59 Å². The minimum Gasteiger partial charge on any atom is -0.355 e. The number of hydrogen-bond acceptors (Lipinski definition) is 2. The van der Waals surface area contributed by atoms with E-state index in [4.69, 9.17) is 0 Å². The molecule has 0 spiro atoms. The standard InChI is InChI=1S/C8H14O.C4H7NO/c1-6(7(2)9)5-8-3-4-8;1-2-3-5-4-6/h6,8H,3-5H2,1-2H3;2,4H,1,3H2,(H,5,6). The maximum atomic E-state index is 10.7. The molecule has 0 aromatic rings. The Morgan fingerprint density at radius 1 is 1.60 bits per heavy atom. The van der Waals surface area contributed by atoms with Gasteiger partial charge in [-0.2, -0.15) is 0 Å². The van der Waals surface area contributed by atoms with Crippen LogP contribution in [0.2, 0.25) is 0 Å². The number of hydrogen-bond donors (Lipinski definition) is 1. The van der Waals surface area contributed by atoms with Crippen molar-refractivity contribution in [1.29, 1.82) is 0 Å². The lowest BCUT2D eigenvalue weighted by atomic mass is 10.0. The average molecular weight is 211 g/mol. The highest BCUT2D eigenvalue weighted by Crippen LogP contribution is 2.35. The molecule has 0 saturated heterocycles. The van der Waals surface area contributed by atoms with Gasteiger partial charge in [0.25, 0.3) is 0 Å². The van der Waals surface area contributed by atoms with Gasteiger partial charge < -0.3 is 5.32 Å². The lowest BCUT2D eigenvalue weighted by Crippen LogP contribution is -2.08. The lowest BCUT2D eigenvalue weighted by molar-refractivity contribution is -0.120. The number of carbonyl (C=O) groups is 2. The van der Waals surface area contributed by atoms with Crippen LogP contribution in [0.1, 0.15) is 33.1 Å². The summed E-state index contributed by atoms with van der Waals surface area (Å²) in [5.41, 5.74) is 0. The van der Waals surface area contributed by atoms with E-state index >= 15 is 0 Å². The molecule has 15 heavy (non-hydrogen) atoms. The number of ketones is 1. The number of rotatable bonds is 6. The highest BCUT2D eigenvalue weighted by Gasteiger charge is 2.24. The molecule has 0 aliphatic heterocycles. The summed E-state index contributed by atoms with van der Waals surface area (Å²) in [6.45, 7) is 7.65. The highest BCUT2D eigenvalue weighted by molar-refractivity contribution is 5.77. The molecule has 1 aliphatic rings. The fraction of sp³-hybridized carbons (Fsp3) is 0.667. The molecule has 86 valence electrons. The first-order valence-corrected chi connectivity index (χ1v) is 5.40. The predicted molar refractivity (Wildman–Crippen MR) is 61.4 cm³/mol. The minimum absolute atomic E-state index is 0.317. The molecule has 1 atom stereocenters. The quantitative estimate of drug-likeness (QED) is 0.414. The summed E-state index contributed by atoms with van der Waals surface area (Å²) >= 11 is 0. The van der Waals surface area contributed by atoms with E-state index in [0.717, 1.165) is 12.3 Å². The topological polar surface area (TPSA) is 46.2 Å². The zero-order chi connectivity index (χ0) is 11.7. The molecule has 1 rings (SSSR count). The van der Waals surface area contributed by atoms with Gasteiger partial charge in [-0.15, -0.1) is 6.58 Å². The maximum absolute atomic E-state index is 10.7. The molecular weight excluding hydrogens is 190 g/mol. The smallest absolute Gasteiger partial charge is 0.207 e. The van der Waals surface area contributed by atoms with E-state index in [2.05, 4.69) is 11.9 Å². The van der Waals surface area contributed by atoms with E-state index in [1.54, 1.807) is 13.0 Å². The first kappa shape index (κ1) is 13.9. The third-order valence-corrected chi connectivity index (χ3v) is 2.42. The minimum atomic E-state index is 0.317. The summed E-state index contributed by atoms with van der Waals surface area (Å²) in [5, 5.41) is 2.40. The fourth-order valence-electron chi connectivity index (χ4n) is 1.15. The summed E-state index contributed by atoms with van der Waals surface area (Å²) in [4.78, 5) is 20.1. The molecule has 0 aromatic heterocycles. The molecule has 1 N–H and O–H groups in total. The fourth-order valence-corrected chi connectivity index (χ4v) is 1.15. The molecule has 3 nitrogen and oxygen atoms in total. The van der Waals surface area contributed by atoms with Crippen LogP contribution in [0, 0.1) is 11.8 Å². The van der Waals surface area contributed by atoms with Gasteiger partial charge >= 0.3 is 0 Å². The summed E-state index contributed by atoms with van der Waals surface area (Å²) < 4.78 is 0. The summed E-state index contributed by atoms with van der Waals surface area (Å²) in [7, 11) is 0. The van der Waals surface area contributed by atoms with Crippen LogP contribution in [-0.4, -0.2) is 18.7 Å². The molecule has 0 heterocycles. The van der Waals surface area contributed by atoms with E-state index in [1.165, 1.54) is 12.8 Å². The van der Waals surface area contributed by atoms with Crippen molar-refractivity contribution in [2.24, 2.45) is 11.8 Å². The second kappa shape index (κ2) is 8.21. The Morgan fingerprint density at radius 3 is 2.47 bits per heavy atom. The Hall–Kier alpha value is -1.12. The number of nitrogens with one attached hydrogen (secondary N) is 1. The van der Waals surface area contributed by atoms with Crippen molar-refractivity contribution in [1.82, 2.24) is 5.32 Å². The average Bonchev–Trinajstić information content (AvgIpc) is 2.99. The van der Waals surface area contributed by atoms with Crippen LogP contribution in [0.4, 0.5) is 0 Å². The number of Topliss-reactive ketones (excluding diaryl/α,β-unsaturated/α-hetero) is 1. The molecule has 1 fully saturated rings. The molecule has 1 aliphatic carbocycles. The molecule has 0 radical (unpaired) electrons.